The molecule has 0 N–H and O–H groups in total. The van der Waals surface area contributed by atoms with Crippen LogP contribution in [-0.2, 0) is 12.8 Å². The summed E-state index contributed by atoms with van der Waals surface area (Å²) in [6, 6.07) is 20.0. The molecule has 0 heterocycles. The molecule has 2 aromatic carbocycles. The van der Waals surface area contributed by atoms with Crippen LogP contribution in [0.15, 0.2) is 54.6 Å². The summed E-state index contributed by atoms with van der Waals surface area (Å²) in [5.41, 5.74) is 4.36. The van der Waals surface area contributed by atoms with Crippen LogP contribution in [0.2, 0.25) is 0 Å². The van der Waals surface area contributed by atoms with Crippen molar-refractivity contribution < 1.29 is 0 Å². The van der Waals surface area contributed by atoms with Crippen LogP contribution >= 0.6 is 0 Å². The van der Waals surface area contributed by atoms with E-state index in [0.29, 0.717) is 5.92 Å². The van der Waals surface area contributed by atoms with Gasteiger partial charge in [-0.05, 0) is 62.5 Å². The first kappa shape index (κ1) is 15.8. The van der Waals surface area contributed by atoms with Crippen LogP contribution in [-0.4, -0.2) is 25.5 Å². The fraction of sp³-hybridized carbons (Fsp3) is 0.400. The van der Waals surface area contributed by atoms with E-state index in [4.69, 9.17) is 0 Å². The van der Waals surface area contributed by atoms with Crippen LogP contribution < -0.4 is 0 Å². The lowest BCUT2D eigenvalue weighted by molar-refractivity contribution is 0.380. The molecule has 2 rings (SSSR count). The molecule has 1 heteroatoms. The van der Waals surface area contributed by atoms with Gasteiger partial charge in [-0.25, -0.2) is 0 Å². The maximum atomic E-state index is 2.37. The average molecular weight is 281 g/mol. The van der Waals surface area contributed by atoms with Crippen LogP contribution in [0.3, 0.4) is 0 Å². The Bertz CT molecular complexity index is 531. The molecule has 0 saturated heterocycles. The van der Waals surface area contributed by atoms with Gasteiger partial charge in [0.15, 0.2) is 0 Å². The van der Waals surface area contributed by atoms with Crippen LogP contribution in [0.5, 0.6) is 0 Å². The zero-order valence-electron chi connectivity index (χ0n) is 13.5. The molecule has 1 atom stereocenters. The Labute approximate surface area is 129 Å². The summed E-state index contributed by atoms with van der Waals surface area (Å²) in [5, 5.41) is 0. The van der Waals surface area contributed by atoms with Crippen molar-refractivity contribution in [1.29, 1.82) is 0 Å². The third kappa shape index (κ3) is 5.02. The predicted molar refractivity (Wildman–Crippen MR) is 91.9 cm³/mol. The summed E-state index contributed by atoms with van der Waals surface area (Å²) in [7, 11) is 4.31. The van der Waals surface area contributed by atoms with Crippen molar-refractivity contribution in [2.24, 2.45) is 0 Å². The maximum absolute atomic E-state index is 2.37. The molecule has 0 spiro atoms. The Hall–Kier alpha value is -1.60. The zero-order chi connectivity index (χ0) is 15.1. The number of aryl methyl sites for hydroxylation is 1. The predicted octanol–water partition coefficient (Wildman–Crippen LogP) is 4.53. The minimum absolute atomic E-state index is 0.598. The number of benzene rings is 2. The van der Waals surface area contributed by atoms with Gasteiger partial charge in [0, 0.05) is 0 Å². The van der Waals surface area contributed by atoms with Crippen LogP contribution in [0.25, 0.3) is 0 Å². The number of hydrogen-bond donors (Lipinski definition) is 0. The van der Waals surface area contributed by atoms with Gasteiger partial charge in [-0.2, -0.15) is 0 Å². The van der Waals surface area contributed by atoms with Crippen molar-refractivity contribution in [3.8, 4) is 0 Å². The van der Waals surface area contributed by atoms with Crippen molar-refractivity contribution in [2.75, 3.05) is 20.6 Å². The fourth-order valence-electron chi connectivity index (χ4n) is 2.79. The first-order valence-corrected chi connectivity index (χ1v) is 7.96. The molecular weight excluding hydrogens is 254 g/mol. The van der Waals surface area contributed by atoms with Crippen molar-refractivity contribution in [1.82, 2.24) is 4.90 Å². The smallest absolute Gasteiger partial charge is 0.00189 e. The molecule has 1 unspecified atom stereocenters. The third-order valence-corrected chi connectivity index (χ3v) is 4.08. The SMILES string of the molecule is CCc1cccc(CC(CCN(C)C)c2ccccc2)c1. The van der Waals surface area contributed by atoms with Gasteiger partial charge < -0.3 is 4.90 Å². The Balaban J connectivity index is 2.15. The van der Waals surface area contributed by atoms with Crippen LogP contribution in [0.1, 0.15) is 36.0 Å². The minimum atomic E-state index is 0.598. The van der Waals surface area contributed by atoms with Crippen LogP contribution in [0.4, 0.5) is 0 Å². The first-order valence-electron chi connectivity index (χ1n) is 7.96. The van der Waals surface area contributed by atoms with E-state index in [1.807, 2.05) is 0 Å². The summed E-state index contributed by atoms with van der Waals surface area (Å²) in [6.45, 7) is 3.35. The Kier molecular flexibility index (Phi) is 6.01. The molecule has 21 heavy (non-hydrogen) atoms. The highest BCUT2D eigenvalue weighted by Crippen LogP contribution is 2.25. The lowest BCUT2D eigenvalue weighted by Crippen LogP contribution is -2.17. The van der Waals surface area contributed by atoms with E-state index in [1.54, 1.807) is 0 Å². The van der Waals surface area contributed by atoms with Crippen molar-refractivity contribution in [3.05, 3.63) is 71.3 Å². The lowest BCUT2D eigenvalue weighted by atomic mass is 9.88. The second kappa shape index (κ2) is 7.99. The van der Waals surface area contributed by atoms with E-state index < -0.39 is 0 Å². The average Bonchev–Trinajstić information content (AvgIpc) is 2.52. The maximum Gasteiger partial charge on any atom is -0.00189 e. The summed E-state index contributed by atoms with van der Waals surface area (Å²) in [6.07, 6.45) is 3.45. The minimum Gasteiger partial charge on any atom is -0.309 e. The highest BCUT2D eigenvalue weighted by Gasteiger charge is 2.12. The van der Waals surface area contributed by atoms with Gasteiger partial charge in [0.1, 0.15) is 0 Å². The normalized spacial score (nSPS) is 12.6. The second-order valence-corrected chi connectivity index (χ2v) is 6.08. The van der Waals surface area contributed by atoms with Gasteiger partial charge in [-0.3, -0.25) is 0 Å². The molecule has 0 radical (unpaired) electrons. The largest absolute Gasteiger partial charge is 0.309 e. The van der Waals surface area contributed by atoms with Crippen LogP contribution in [0, 0.1) is 0 Å². The van der Waals surface area contributed by atoms with E-state index >= 15 is 0 Å². The molecular formula is C20H27N. The molecule has 112 valence electrons. The highest BCUT2D eigenvalue weighted by molar-refractivity contribution is 5.27. The van der Waals surface area contributed by atoms with Gasteiger partial charge in [0.2, 0.25) is 0 Å². The second-order valence-electron chi connectivity index (χ2n) is 6.08. The first-order chi connectivity index (χ1) is 10.2. The topological polar surface area (TPSA) is 3.24 Å². The van der Waals surface area contributed by atoms with Gasteiger partial charge >= 0.3 is 0 Å². The molecule has 0 fully saturated rings. The van der Waals surface area contributed by atoms with E-state index in [2.05, 4.69) is 80.5 Å². The van der Waals surface area contributed by atoms with Crippen molar-refractivity contribution >= 4 is 0 Å². The van der Waals surface area contributed by atoms with Crippen molar-refractivity contribution in [2.45, 2.75) is 32.1 Å². The molecule has 0 aliphatic carbocycles. The fourth-order valence-corrected chi connectivity index (χ4v) is 2.79. The Morgan fingerprint density at radius 3 is 2.29 bits per heavy atom. The monoisotopic (exact) mass is 281 g/mol. The van der Waals surface area contributed by atoms with E-state index in [0.717, 1.165) is 19.4 Å². The molecule has 0 aliphatic rings. The van der Waals surface area contributed by atoms with Gasteiger partial charge in [0.25, 0.3) is 0 Å². The number of nitrogens with zero attached hydrogens (tertiary/aromatic N) is 1. The number of rotatable bonds is 7. The quantitative estimate of drug-likeness (QED) is 0.721. The summed E-state index contributed by atoms with van der Waals surface area (Å²) in [4.78, 5) is 2.28. The Morgan fingerprint density at radius 1 is 0.905 bits per heavy atom. The van der Waals surface area contributed by atoms with Gasteiger partial charge in [-0.1, -0.05) is 61.5 Å². The van der Waals surface area contributed by atoms with E-state index in [9.17, 15) is 0 Å². The standard InChI is InChI=1S/C20H27N/c1-4-17-9-8-10-18(15-17)16-20(13-14-21(2)3)19-11-6-5-7-12-19/h5-12,15,20H,4,13-14,16H2,1-3H3. The molecule has 0 saturated carbocycles. The Morgan fingerprint density at radius 2 is 1.62 bits per heavy atom. The lowest BCUT2D eigenvalue weighted by Gasteiger charge is -2.20. The summed E-state index contributed by atoms with van der Waals surface area (Å²) >= 11 is 0. The molecule has 1 nitrogen and oxygen atoms in total. The summed E-state index contributed by atoms with van der Waals surface area (Å²) < 4.78 is 0. The van der Waals surface area contributed by atoms with Gasteiger partial charge in [-0.15, -0.1) is 0 Å². The zero-order valence-corrected chi connectivity index (χ0v) is 13.5. The number of hydrogen-bond acceptors (Lipinski definition) is 1. The third-order valence-electron chi connectivity index (χ3n) is 4.08. The van der Waals surface area contributed by atoms with E-state index in [-0.39, 0.29) is 0 Å². The van der Waals surface area contributed by atoms with Crippen molar-refractivity contribution in [3.63, 3.8) is 0 Å². The molecule has 2 aromatic rings. The molecule has 0 bridgehead atoms. The summed E-state index contributed by atoms with van der Waals surface area (Å²) in [5.74, 6) is 0.598. The molecule has 0 amide bonds. The molecule has 0 aliphatic heterocycles. The molecule has 0 aromatic heterocycles. The highest BCUT2D eigenvalue weighted by atomic mass is 15.0. The van der Waals surface area contributed by atoms with E-state index in [1.165, 1.54) is 23.1 Å². The van der Waals surface area contributed by atoms with Gasteiger partial charge in [0.05, 0.1) is 0 Å².